The van der Waals surface area contributed by atoms with Crippen LogP contribution in [0.2, 0.25) is 0 Å². The van der Waals surface area contributed by atoms with Gasteiger partial charge in [0.1, 0.15) is 11.5 Å². The fourth-order valence-electron chi connectivity index (χ4n) is 1.46. The van der Waals surface area contributed by atoms with Crippen molar-refractivity contribution in [2.75, 3.05) is 5.32 Å². The molecule has 1 N–H and O–H groups in total. The molecule has 1 amide bonds. The van der Waals surface area contributed by atoms with E-state index in [4.69, 9.17) is 9.26 Å². The number of halogens is 2. The van der Waals surface area contributed by atoms with Gasteiger partial charge in [0.2, 0.25) is 0 Å². The molecule has 0 aliphatic carbocycles. The molecule has 0 spiro atoms. The highest BCUT2D eigenvalue weighted by atomic mass is 19.2. The van der Waals surface area contributed by atoms with E-state index in [9.17, 15) is 13.6 Å². The smallest absolute Gasteiger partial charge is 0.266 e. The highest BCUT2D eigenvalue weighted by Gasteiger charge is 2.17. The highest BCUT2D eigenvalue weighted by molar-refractivity contribution is 5.93. The summed E-state index contributed by atoms with van der Waals surface area (Å²) in [7, 11) is 0. The van der Waals surface area contributed by atoms with Crippen LogP contribution >= 0.6 is 0 Å². The van der Waals surface area contributed by atoms with Crippen LogP contribution in [-0.2, 0) is 4.79 Å². The van der Waals surface area contributed by atoms with Crippen molar-refractivity contribution in [3.63, 3.8) is 0 Å². The molecule has 2 aromatic rings. The molecule has 1 aromatic carbocycles. The summed E-state index contributed by atoms with van der Waals surface area (Å²) in [4.78, 5) is 11.8. The molecule has 20 heavy (non-hydrogen) atoms. The topological polar surface area (TPSA) is 64.4 Å². The number of amides is 1. The Balaban J connectivity index is 1.98. The number of aryl methyl sites for hydroxylation is 1. The first-order chi connectivity index (χ1) is 9.45. The van der Waals surface area contributed by atoms with Crippen LogP contribution in [0, 0.1) is 18.6 Å². The van der Waals surface area contributed by atoms with E-state index < -0.39 is 23.6 Å². The summed E-state index contributed by atoms with van der Waals surface area (Å²) < 4.78 is 35.8. The Bertz CT molecular complexity index is 628. The second-order valence-corrected chi connectivity index (χ2v) is 4.15. The Kier molecular flexibility index (Phi) is 3.97. The molecule has 0 bridgehead atoms. The predicted octanol–water partition coefficient (Wildman–Crippen LogP) is 2.67. The Labute approximate surface area is 113 Å². The van der Waals surface area contributed by atoms with Gasteiger partial charge >= 0.3 is 0 Å². The minimum absolute atomic E-state index is 0.0582. The number of aromatic nitrogens is 1. The number of hydrogen-bond acceptors (Lipinski definition) is 4. The summed E-state index contributed by atoms with van der Waals surface area (Å²) in [5.74, 6) is -1.64. The van der Waals surface area contributed by atoms with Gasteiger partial charge in [0, 0.05) is 12.1 Å². The first-order valence-corrected chi connectivity index (χ1v) is 5.81. The quantitative estimate of drug-likeness (QED) is 0.936. The third-order valence-electron chi connectivity index (χ3n) is 2.45. The lowest BCUT2D eigenvalue weighted by atomic mass is 10.3. The maximum Gasteiger partial charge on any atom is 0.266 e. The third kappa shape index (κ3) is 3.31. The van der Waals surface area contributed by atoms with Gasteiger partial charge in [-0.3, -0.25) is 4.79 Å². The van der Waals surface area contributed by atoms with Crippen LogP contribution < -0.4 is 10.1 Å². The second kappa shape index (κ2) is 5.68. The molecule has 0 aliphatic rings. The van der Waals surface area contributed by atoms with Gasteiger partial charge in [-0.25, -0.2) is 8.78 Å². The van der Waals surface area contributed by atoms with E-state index in [1.165, 1.54) is 13.0 Å². The number of carbonyl (C=O) groups excluding carboxylic acids is 1. The number of nitrogens with one attached hydrogen (secondary N) is 1. The zero-order valence-corrected chi connectivity index (χ0v) is 10.8. The van der Waals surface area contributed by atoms with Gasteiger partial charge in [0.25, 0.3) is 5.91 Å². The minimum atomic E-state index is -1.04. The summed E-state index contributed by atoms with van der Waals surface area (Å²) in [5.41, 5.74) is 0. The average molecular weight is 282 g/mol. The molecule has 106 valence electrons. The van der Waals surface area contributed by atoms with E-state index in [0.717, 1.165) is 12.1 Å². The zero-order chi connectivity index (χ0) is 14.7. The van der Waals surface area contributed by atoms with E-state index in [-0.39, 0.29) is 11.6 Å². The first kappa shape index (κ1) is 14.0. The van der Waals surface area contributed by atoms with Crippen molar-refractivity contribution in [3.05, 3.63) is 41.7 Å². The molecular weight excluding hydrogens is 270 g/mol. The molecule has 1 aromatic heterocycles. The number of benzene rings is 1. The highest BCUT2D eigenvalue weighted by Crippen LogP contribution is 2.17. The van der Waals surface area contributed by atoms with Gasteiger partial charge in [0.05, 0.1) is 0 Å². The van der Waals surface area contributed by atoms with Crippen molar-refractivity contribution < 1.29 is 22.8 Å². The van der Waals surface area contributed by atoms with E-state index in [1.807, 2.05) is 0 Å². The number of rotatable bonds is 4. The molecule has 2 rings (SSSR count). The van der Waals surface area contributed by atoms with Crippen LogP contribution in [0.15, 0.2) is 28.8 Å². The van der Waals surface area contributed by atoms with E-state index >= 15 is 0 Å². The Hall–Kier alpha value is -2.44. The summed E-state index contributed by atoms with van der Waals surface area (Å²) in [6, 6.07) is 4.58. The van der Waals surface area contributed by atoms with E-state index in [0.29, 0.717) is 5.76 Å². The van der Waals surface area contributed by atoms with Crippen LogP contribution in [0.4, 0.5) is 14.6 Å². The molecule has 0 radical (unpaired) electrons. The summed E-state index contributed by atoms with van der Waals surface area (Å²) in [5, 5.41) is 6.07. The molecule has 0 aliphatic heterocycles. The van der Waals surface area contributed by atoms with Crippen molar-refractivity contribution >= 4 is 11.7 Å². The van der Waals surface area contributed by atoms with Gasteiger partial charge in [-0.15, -0.1) is 0 Å². The largest absolute Gasteiger partial charge is 0.481 e. The lowest BCUT2D eigenvalue weighted by Crippen LogP contribution is -2.30. The van der Waals surface area contributed by atoms with Gasteiger partial charge in [-0.05, 0) is 26.0 Å². The molecule has 1 atom stereocenters. The predicted molar refractivity (Wildman–Crippen MR) is 66.3 cm³/mol. The summed E-state index contributed by atoms with van der Waals surface area (Å²) in [6.45, 7) is 3.16. The van der Waals surface area contributed by atoms with Crippen molar-refractivity contribution in [2.45, 2.75) is 20.0 Å². The molecule has 5 nitrogen and oxygen atoms in total. The van der Waals surface area contributed by atoms with Crippen molar-refractivity contribution in [1.82, 2.24) is 5.16 Å². The van der Waals surface area contributed by atoms with Gasteiger partial charge < -0.3 is 14.6 Å². The van der Waals surface area contributed by atoms with Crippen LogP contribution in [0.25, 0.3) is 0 Å². The summed E-state index contributed by atoms with van der Waals surface area (Å²) in [6.07, 6.45) is -0.906. The lowest BCUT2D eigenvalue weighted by molar-refractivity contribution is -0.122. The number of anilines is 1. The van der Waals surface area contributed by atoms with Crippen molar-refractivity contribution in [3.8, 4) is 5.75 Å². The average Bonchev–Trinajstić information content (AvgIpc) is 2.79. The molecule has 0 saturated carbocycles. The van der Waals surface area contributed by atoms with Gasteiger partial charge in [-0.2, -0.15) is 0 Å². The second-order valence-electron chi connectivity index (χ2n) is 4.15. The van der Waals surface area contributed by atoms with Crippen molar-refractivity contribution in [2.24, 2.45) is 0 Å². The fourth-order valence-corrected chi connectivity index (χ4v) is 1.46. The van der Waals surface area contributed by atoms with Crippen LogP contribution in [0.3, 0.4) is 0 Å². The normalized spacial score (nSPS) is 12.0. The monoisotopic (exact) mass is 282 g/mol. The summed E-state index contributed by atoms with van der Waals surface area (Å²) >= 11 is 0. The van der Waals surface area contributed by atoms with Crippen LogP contribution in [0.1, 0.15) is 12.7 Å². The standard InChI is InChI=1S/C13H12F2N2O3/c1-7-5-12(17-20-7)16-13(18)8(2)19-9-3-4-10(14)11(15)6-9/h3-6,8H,1-2H3,(H,16,17,18)/t8-/m1/s1. The maximum absolute atomic E-state index is 13.0. The van der Waals surface area contributed by atoms with E-state index in [2.05, 4.69) is 10.5 Å². The SMILES string of the molecule is Cc1cc(NC(=O)[C@@H](C)Oc2ccc(F)c(F)c2)no1. The fraction of sp³-hybridized carbons (Fsp3) is 0.231. The lowest BCUT2D eigenvalue weighted by Gasteiger charge is -2.13. The first-order valence-electron chi connectivity index (χ1n) is 5.81. The van der Waals surface area contributed by atoms with Crippen LogP contribution in [-0.4, -0.2) is 17.2 Å². The Morgan fingerprint density at radius 2 is 2.10 bits per heavy atom. The van der Waals surface area contributed by atoms with Gasteiger partial charge in [0.15, 0.2) is 23.6 Å². The minimum Gasteiger partial charge on any atom is -0.481 e. The molecule has 0 unspecified atom stereocenters. The molecule has 1 heterocycles. The van der Waals surface area contributed by atoms with Crippen molar-refractivity contribution in [1.29, 1.82) is 0 Å². The third-order valence-corrected chi connectivity index (χ3v) is 2.45. The Morgan fingerprint density at radius 3 is 2.70 bits per heavy atom. The van der Waals surface area contributed by atoms with Crippen LogP contribution in [0.5, 0.6) is 5.75 Å². The molecule has 0 fully saturated rings. The molecular formula is C13H12F2N2O3. The number of ether oxygens (including phenoxy) is 1. The number of hydrogen-bond donors (Lipinski definition) is 1. The number of carbonyl (C=O) groups is 1. The molecule has 0 saturated heterocycles. The van der Waals surface area contributed by atoms with E-state index in [1.54, 1.807) is 13.0 Å². The maximum atomic E-state index is 13.0. The Morgan fingerprint density at radius 1 is 1.35 bits per heavy atom. The van der Waals surface area contributed by atoms with Gasteiger partial charge in [-0.1, -0.05) is 5.16 Å². The molecule has 7 heteroatoms. The zero-order valence-electron chi connectivity index (χ0n) is 10.8. The number of nitrogens with zero attached hydrogens (tertiary/aromatic N) is 1.